The molecule has 4 aliphatic rings. The van der Waals surface area contributed by atoms with Crippen molar-refractivity contribution in [2.24, 2.45) is 0 Å². The largest absolute Gasteiger partial charge is 0.468 e. The van der Waals surface area contributed by atoms with Crippen molar-refractivity contribution in [1.82, 2.24) is 0 Å². The number of fused-ring (bicyclic) bond motifs is 8. The van der Waals surface area contributed by atoms with E-state index in [9.17, 15) is 0 Å². The Morgan fingerprint density at radius 3 is 1.36 bits per heavy atom. The Morgan fingerprint density at radius 2 is 0.871 bits per heavy atom. The Morgan fingerprint density at radius 1 is 0.443 bits per heavy atom. The second kappa shape index (κ2) is 15.2. The van der Waals surface area contributed by atoms with Crippen LogP contribution in [0.5, 0.6) is 0 Å². The molecule has 6 aromatic rings. The van der Waals surface area contributed by atoms with Crippen LogP contribution < -0.4 is 26.4 Å². The summed E-state index contributed by atoms with van der Waals surface area (Å²) in [7, 11) is 0. The monoisotopic (exact) mass is 933 g/mol. The highest BCUT2D eigenvalue weighted by Gasteiger charge is 2.50. The fourth-order valence-electron chi connectivity index (χ4n) is 12.5. The van der Waals surface area contributed by atoms with Crippen molar-refractivity contribution in [2.45, 2.75) is 221 Å². The van der Waals surface area contributed by atoms with Gasteiger partial charge in [-0.05, 0) is 191 Å². The number of hydrogen-bond donors (Lipinski definition) is 0. The van der Waals surface area contributed by atoms with Crippen LogP contribution in [0.1, 0.15) is 221 Å². The molecule has 1 aromatic heterocycles. The van der Waals surface area contributed by atoms with E-state index in [1.165, 1.54) is 113 Å². The van der Waals surface area contributed by atoms with Crippen molar-refractivity contribution in [3.63, 3.8) is 0 Å². The molecule has 2 aliphatic carbocycles. The summed E-state index contributed by atoms with van der Waals surface area (Å²) in [5.74, 6) is 0. The van der Waals surface area contributed by atoms with Gasteiger partial charge in [0.2, 0.25) is 0 Å². The minimum Gasteiger partial charge on any atom is -0.468 e. The quantitative estimate of drug-likeness (QED) is 0.161. The third-order valence-corrected chi connectivity index (χ3v) is 17.5. The first-order chi connectivity index (χ1) is 32.1. The summed E-state index contributed by atoms with van der Waals surface area (Å²) < 4.78 is 7.77. The van der Waals surface area contributed by atoms with Gasteiger partial charge in [0.15, 0.2) is 0 Å². The van der Waals surface area contributed by atoms with Gasteiger partial charge in [-0.25, -0.2) is 0 Å². The maximum atomic E-state index is 7.77. The molecule has 3 nitrogen and oxygen atoms in total. The van der Waals surface area contributed by atoms with Gasteiger partial charge in [-0.3, -0.25) is 0 Å². The number of nitrogens with zero attached hydrogens (tertiary/aromatic N) is 2. The van der Waals surface area contributed by atoms with E-state index in [1.807, 2.05) is 0 Å². The summed E-state index contributed by atoms with van der Waals surface area (Å²) in [5, 5.41) is 1.22. The van der Waals surface area contributed by atoms with Gasteiger partial charge in [0, 0.05) is 33.8 Å². The van der Waals surface area contributed by atoms with Gasteiger partial charge in [-0.15, -0.1) is 0 Å². The van der Waals surface area contributed by atoms with Crippen molar-refractivity contribution in [3.8, 4) is 0 Å². The van der Waals surface area contributed by atoms with Gasteiger partial charge in [0.1, 0.15) is 5.58 Å². The summed E-state index contributed by atoms with van der Waals surface area (Å²) in [6.45, 7) is 50.3. The van der Waals surface area contributed by atoms with Crippen LogP contribution in [0.25, 0.3) is 11.0 Å². The molecule has 3 heterocycles. The minimum atomic E-state index is -0.139. The van der Waals surface area contributed by atoms with Crippen molar-refractivity contribution >= 4 is 68.4 Å². The lowest BCUT2D eigenvalue weighted by Crippen LogP contribution is -2.61. The highest BCUT2D eigenvalue weighted by Crippen LogP contribution is 2.54. The molecule has 70 heavy (non-hydrogen) atoms. The van der Waals surface area contributed by atoms with E-state index in [4.69, 9.17) is 4.42 Å². The van der Waals surface area contributed by atoms with Crippen LogP contribution >= 0.6 is 0 Å². The zero-order valence-electron chi connectivity index (χ0n) is 47.3. The second-order valence-corrected chi connectivity index (χ2v) is 29.6. The van der Waals surface area contributed by atoms with Gasteiger partial charge in [0.25, 0.3) is 6.71 Å². The predicted molar refractivity (Wildman–Crippen MR) is 305 cm³/mol. The zero-order chi connectivity index (χ0) is 51.0. The van der Waals surface area contributed by atoms with Crippen molar-refractivity contribution in [1.29, 1.82) is 0 Å². The van der Waals surface area contributed by atoms with Gasteiger partial charge in [-0.2, -0.15) is 0 Å². The fraction of sp³-hybridized carbons (Fsp3) is 0.515. The van der Waals surface area contributed by atoms with Crippen LogP contribution in [-0.2, 0) is 49.7 Å². The Balaban J connectivity index is 1.42. The highest BCUT2D eigenvalue weighted by molar-refractivity contribution is 7.00. The maximum absolute atomic E-state index is 7.77. The van der Waals surface area contributed by atoms with Crippen LogP contribution in [-0.4, -0.2) is 6.71 Å². The first-order valence-electron chi connectivity index (χ1n) is 27.0. The first kappa shape index (κ1) is 48.9. The van der Waals surface area contributed by atoms with Gasteiger partial charge < -0.3 is 14.2 Å². The molecule has 4 heteroatoms. The zero-order valence-corrected chi connectivity index (χ0v) is 47.3. The van der Waals surface area contributed by atoms with E-state index in [0.29, 0.717) is 0 Å². The molecular weight excluding hydrogens is 848 g/mol. The second-order valence-electron chi connectivity index (χ2n) is 29.6. The van der Waals surface area contributed by atoms with Gasteiger partial charge in [-0.1, -0.05) is 164 Å². The van der Waals surface area contributed by atoms with E-state index < -0.39 is 0 Å². The number of rotatable bonds is 2. The average molecular weight is 933 g/mol. The molecule has 0 saturated heterocycles. The molecule has 0 amide bonds. The van der Waals surface area contributed by atoms with Crippen molar-refractivity contribution in [3.05, 3.63) is 123 Å². The highest BCUT2D eigenvalue weighted by atomic mass is 16.3. The molecule has 0 saturated carbocycles. The summed E-state index contributed by atoms with van der Waals surface area (Å²) >= 11 is 0. The Kier molecular flexibility index (Phi) is 10.6. The van der Waals surface area contributed by atoms with E-state index in [1.54, 1.807) is 0 Å². The number of hydrogen-bond acceptors (Lipinski definition) is 3. The molecule has 0 unspecified atom stereocenters. The maximum Gasteiger partial charge on any atom is 0.297 e. The smallest absolute Gasteiger partial charge is 0.297 e. The van der Waals surface area contributed by atoms with E-state index in [0.717, 1.165) is 30.5 Å². The summed E-state index contributed by atoms with van der Waals surface area (Å²) in [5.41, 5.74) is 24.7. The lowest BCUT2D eigenvalue weighted by atomic mass is 9.35. The van der Waals surface area contributed by atoms with E-state index in [-0.39, 0.29) is 50.0 Å². The number of anilines is 6. The number of aryl methyl sites for hydroxylation is 1. The van der Waals surface area contributed by atoms with Gasteiger partial charge in [0.05, 0.1) is 11.3 Å². The lowest BCUT2D eigenvalue weighted by molar-refractivity contribution is 0.332. The lowest BCUT2D eigenvalue weighted by Gasteiger charge is -2.45. The Labute approximate surface area is 424 Å². The summed E-state index contributed by atoms with van der Waals surface area (Å²) in [4.78, 5) is 5.38. The molecular formula is C66H85BN2O. The fourth-order valence-corrected chi connectivity index (χ4v) is 12.5. The molecule has 0 fully saturated rings. The predicted octanol–water partition coefficient (Wildman–Crippen LogP) is 17.0. The van der Waals surface area contributed by atoms with E-state index in [2.05, 4.69) is 228 Å². The normalized spacial score (nSPS) is 18.3. The van der Waals surface area contributed by atoms with Crippen molar-refractivity contribution < 1.29 is 4.42 Å². The molecule has 0 bridgehead atoms. The van der Waals surface area contributed by atoms with Crippen molar-refractivity contribution in [2.75, 3.05) is 9.80 Å². The van der Waals surface area contributed by atoms with Crippen LogP contribution in [0, 0.1) is 0 Å². The standard InChI is InChI=1S/C66H85BN2O/c1-59(2,3)40-28-41(60(4,5)6)31-45(30-40)68-52-27-39-23-22-24-64(16,17)48(39)37-51(52)67-56-53(68)34-44(63(13,14)15)35-54(56)69(46-32-42(61(7,8)9)29-43(33-46)62(10,11)12)57-47-36-49-50(38-55(47)70-58(57)67)66(20,21)26-25-65(49,18)19/h27-38H,22-26H2,1-21H3. The molecule has 5 aromatic carbocycles. The number of benzene rings is 5. The third kappa shape index (κ3) is 7.82. The average Bonchev–Trinajstić information content (AvgIpc) is 3.60. The molecule has 0 spiro atoms. The molecule has 2 aliphatic heterocycles. The number of furan rings is 1. The van der Waals surface area contributed by atoms with E-state index >= 15 is 0 Å². The Bertz CT molecular complexity index is 3070. The topological polar surface area (TPSA) is 19.6 Å². The van der Waals surface area contributed by atoms with Crippen LogP contribution in [0.15, 0.2) is 77.2 Å². The van der Waals surface area contributed by atoms with Crippen LogP contribution in [0.4, 0.5) is 34.1 Å². The molecule has 10 rings (SSSR count). The molecule has 0 radical (unpaired) electrons. The third-order valence-electron chi connectivity index (χ3n) is 17.5. The van der Waals surface area contributed by atoms with Gasteiger partial charge >= 0.3 is 0 Å². The molecule has 0 N–H and O–H groups in total. The molecule has 368 valence electrons. The Hall–Kier alpha value is -4.70. The summed E-state index contributed by atoms with van der Waals surface area (Å²) in [6.07, 6.45) is 5.81. The van der Waals surface area contributed by atoms with Crippen LogP contribution in [0.3, 0.4) is 0 Å². The molecule has 0 atom stereocenters. The summed E-state index contributed by atoms with van der Waals surface area (Å²) in [6, 6.07) is 30.5. The SMILES string of the molecule is CC(C)(C)c1cc(N2c3cc4c(cc3B3c5oc6cc7c(cc6c5N(c5cc(C(C)(C)C)cc(C(C)(C)C)c5)c5cc(C(C)(C)C)cc2c53)C(C)(C)CCC7(C)C)C(C)(C)CCC4)cc(C(C)(C)C)c1. The first-order valence-corrected chi connectivity index (χ1v) is 27.0. The minimum absolute atomic E-state index is 0.0365. The van der Waals surface area contributed by atoms with Crippen LogP contribution in [0.2, 0.25) is 0 Å².